The van der Waals surface area contributed by atoms with Gasteiger partial charge in [-0.1, -0.05) is 35.9 Å². The molecule has 2 nitrogen and oxygen atoms in total. The van der Waals surface area contributed by atoms with E-state index in [9.17, 15) is 0 Å². The van der Waals surface area contributed by atoms with E-state index in [0.717, 1.165) is 23.1 Å². The summed E-state index contributed by atoms with van der Waals surface area (Å²) in [5.74, 6) is 0. The zero-order valence-electron chi connectivity index (χ0n) is 11.6. The number of hydrogen-bond acceptors (Lipinski definition) is 2. The van der Waals surface area contributed by atoms with E-state index in [1.54, 1.807) is 6.20 Å². The van der Waals surface area contributed by atoms with Crippen molar-refractivity contribution >= 4 is 39.1 Å². The molecule has 0 bridgehead atoms. The molecule has 0 aliphatic carbocycles. The standard InChI is InChI=1S/C16H15BrCl2N2/c1-10(16-14(18)7-13(17)8-20-16)21-9-12-5-3-2-4-11(12)6-15(21)19/h2-5,7-8,10,15H,6,9H2,1H3. The lowest BCUT2D eigenvalue weighted by molar-refractivity contribution is 0.165. The highest BCUT2D eigenvalue weighted by molar-refractivity contribution is 9.10. The number of aromatic nitrogens is 1. The maximum absolute atomic E-state index is 6.58. The molecule has 1 aromatic carbocycles. The molecule has 2 atom stereocenters. The Hall–Kier alpha value is -0.610. The number of rotatable bonds is 2. The van der Waals surface area contributed by atoms with Gasteiger partial charge in [0, 0.05) is 23.6 Å². The lowest BCUT2D eigenvalue weighted by Crippen LogP contribution is -2.38. The minimum atomic E-state index is -0.0450. The van der Waals surface area contributed by atoms with E-state index in [1.165, 1.54) is 11.1 Å². The van der Waals surface area contributed by atoms with Crippen LogP contribution >= 0.6 is 39.1 Å². The fraction of sp³-hybridized carbons (Fsp3) is 0.312. The van der Waals surface area contributed by atoms with E-state index in [0.29, 0.717) is 5.02 Å². The van der Waals surface area contributed by atoms with Crippen LogP contribution in [0, 0.1) is 0 Å². The van der Waals surface area contributed by atoms with Crippen molar-refractivity contribution in [2.24, 2.45) is 0 Å². The van der Waals surface area contributed by atoms with Crippen molar-refractivity contribution < 1.29 is 0 Å². The quantitative estimate of drug-likeness (QED) is 0.522. The van der Waals surface area contributed by atoms with Gasteiger partial charge < -0.3 is 0 Å². The van der Waals surface area contributed by atoms with Crippen LogP contribution in [0.1, 0.15) is 29.8 Å². The molecule has 0 saturated carbocycles. The maximum Gasteiger partial charge on any atom is 0.0899 e. The predicted molar refractivity (Wildman–Crippen MR) is 90.7 cm³/mol. The monoisotopic (exact) mass is 384 g/mol. The molecule has 1 aromatic heterocycles. The molecule has 2 heterocycles. The molecule has 110 valence electrons. The number of benzene rings is 1. The highest BCUT2D eigenvalue weighted by atomic mass is 79.9. The van der Waals surface area contributed by atoms with E-state index in [4.69, 9.17) is 23.2 Å². The normalized spacial score (nSPS) is 20.1. The van der Waals surface area contributed by atoms with Gasteiger partial charge in [0.25, 0.3) is 0 Å². The molecule has 2 unspecified atom stereocenters. The highest BCUT2D eigenvalue weighted by Gasteiger charge is 2.30. The Morgan fingerprint density at radius 2 is 2.05 bits per heavy atom. The number of pyridine rings is 1. The molecule has 0 spiro atoms. The van der Waals surface area contributed by atoms with Crippen LogP contribution in [0.3, 0.4) is 0 Å². The van der Waals surface area contributed by atoms with Gasteiger partial charge in [0.05, 0.1) is 22.3 Å². The first-order chi connectivity index (χ1) is 10.1. The second-order valence-electron chi connectivity index (χ2n) is 5.28. The second-order valence-corrected chi connectivity index (χ2v) is 7.10. The van der Waals surface area contributed by atoms with Gasteiger partial charge in [-0.2, -0.15) is 0 Å². The first kappa shape index (κ1) is 15.3. The van der Waals surface area contributed by atoms with Crippen molar-refractivity contribution in [2.45, 2.75) is 31.4 Å². The van der Waals surface area contributed by atoms with Crippen LogP contribution in [0.15, 0.2) is 41.0 Å². The Bertz CT molecular complexity index is 662. The molecule has 2 aromatic rings. The molecule has 0 N–H and O–H groups in total. The Morgan fingerprint density at radius 1 is 1.33 bits per heavy atom. The average Bonchev–Trinajstić information content (AvgIpc) is 2.46. The van der Waals surface area contributed by atoms with E-state index in [2.05, 4.69) is 57.0 Å². The summed E-state index contributed by atoms with van der Waals surface area (Å²) in [6, 6.07) is 10.4. The smallest absolute Gasteiger partial charge is 0.0899 e. The summed E-state index contributed by atoms with van der Waals surface area (Å²) in [4.78, 5) is 6.71. The number of fused-ring (bicyclic) bond motifs is 1. The zero-order chi connectivity index (χ0) is 15.0. The van der Waals surface area contributed by atoms with Crippen molar-refractivity contribution in [3.8, 4) is 0 Å². The Morgan fingerprint density at radius 3 is 2.76 bits per heavy atom. The van der Waals surface area contributed by atoms with Gasteiger partial charge in [0.2, 0.25) is 0 Å². The van der Waals surface area contributed by atoms with E-state index in [1.807, 2.05) is 6.07 Å². The van der Waals surface area contributed by atoms with Gasteiger partial charge in [-0.05, 0) is 40.0 Å². The summed E-state index contributed by atoms with van der Waals surface area (Å²) in [6.07, 6.45) is 2.62. The van der Waals surface area contributed by atoms with Gasteiger partial charge in [0.15, 0.2) is 0 Å². The third-order valence-electron chi connectivity index (χ3n) is 3.95. The molecule has 0 amide bonds. The van der Waals surface area contributed by atoms with Gasteiger partial charge >= 0.3 is 0 Å². The van der Waals surface area contributed by atoms with Crippen molar-refractivity contribution in [2.75, 3.05) is 0 Å². The van der Waals surface area contributed by atoms with Gasteiger partial charge in [-0.3, -0.25) is 9.88 Å². The van der Waals surface area contributed by atoms with Gasteiger partial charge in [0.1, 0.15) is 0 Å². The van der Waals surface area contributed by atoms with Crippen LogP contribution < -0.4 is 0 Å². The van der Waals surface area contributed by atoms with E-state index >= 15 is 0 Å². The van der Waals surface area contributed by atoms with E-state index < -0.39 is 0 Å². The fourth-order valence-electron chi connectivity index (χ4n) is 2.77. The van der Waals surface area contributed by atoms with Crippen molar-refractivity contribution in [3.63, 3.8) is 0 Å². The first-order valence-electron chi connectivity index (χ1n) is 6.84. The molecular weight excluding hydrogens is 371 g/mol. The van der Waals surface area contributed by atoms with Crippen LogP contribution in [0.5, 0.6) is 0 Å². The third-order valence-corrected chi connectivity index (χ3v) is 5.09. The summed E-state index contributed by atoms with van der Waals surface area (Å²) in [6.45, 7) is 2.92. The molecule has 5 heteroatoms. The van der Waals surface area contributed by atoms with Crippen LogP contribution in [0.25, 0.3) is 0 Å². The maximum atomic E-state index is 6.58. The lowest BCUT2D eigenvalue weighted by Gasteiger charge is -2.37. The van der Waals surface area contributed by atoms with Gasteiger partial charge in [-0.15, -0.1) is 11.6 Å². The highest BCUT2D eigenvalue weighted by Crippen LogP contribution is 2.35. The van der Waals surface area contributed by atoms with Crippen LogP contribution in [0.2, 0.25) is 5.02 Å². The van der Waals surface area contributed by atoms with Crippen LogP contribution in [-0.2, 0) is 13.0 Å². The Kier molecular flexibility index (Phi) is 4.55. The third kappa shape index (κ3) is 3.11. The number of nitrogens with zero attached hydrogens (tertiary/aromatic N) is 2. The fourth-order valence-corrected chi connectivity index (χ4v) is 3.97. The average molecular weight is 386 g/mol. The Labute approximate surface area is 143 Å². The van der Waals surface area contributed by atoms with Crippen LogP contribution in [0.4, 0.5) is 0 Å². The SMILES string of the molecule is CC(c1ncc(Br)cc1Cl)N1Cc2ccccc2CC1Cl. The van der Waals surface area contributed by atoms with Crippen molar-refractivity contribution in [1.29, 1.82) is 0 Å². The molecule has 3 rings (SSSR count). The van der Waals surface area contributed by atoms with Crippen molar-refractivity contribution in [3.05, 3.63) is 62.8 Å². The summed E-state index contributed by atoms with van der Waals surface area (Å²) in [5, 5.41) is 0.666. The topological polar surface area (TPSA) is 16.1 Å². The molecule has 0 saturated heterocycles. The first-order valence-corrected chi connectivity index (χ1v) is 8.44. The number of alkyl halides is 1. The lowest BCUT2D eigenvalue weighted by atomic mass is 9.98. The predicted octanol–water partition coefficient (Wildman–Crippen LogP) is 5.18. The molecule has 0 fully saturated rings. The van der Waals surface area contributed by atoms with Crippen molar-refractivity contribution in [1.82, 2.24) is 9.88 Å². The minimum Gasteiger partial charge on any atom is -0.274 e. The summed E-state index contributed by atoms with van der Waals surface area (Å²) in [5.41, 5.74) is 3.48. The summed E-state index contributed by atoms with van der Waals surface area (Å²) >= 11 is 16.3. The zero-order valence-corrected chi connectivity index (χ0v) is 14.7. The van der Waals surface area contributed by atoms with E-state index in [-0.39, 0.29) is 11.5 Å². The molecule has 1 aliphatic heterocycles. The molecular formula is C16H15BrCl2N2. The largest absolute Gasteiger partial charge is 0.274 e. The number of halogens is 3. The van der Waals surface area contributed by atoms with Gasteiger partial charge in [-0.25, -0.2) is 0 Å². The molecule has 1 aliphatic rings. The molecule has 0 radical (unpaired) electrons. The second kappa shape index (κ2) is 6.25. The van der Waals surface area contributed by atoms with Crippen LogP contribution in [-0.4, -0.2) is 15.4 Å². The minimum absolute atomic E-state index is 0.0450. The number of hydrogen-bond donors (Lipinski definition) is 0. The molecule has 21 heavy (non-hydrogen) atoms. The summed E-state index contributed by atoms with van der Waals surface area (Å²) in [7, 11) is 0. The Balaban J connectivity index is 1.90. The summed E-state index contributed by atoms with van der Waals surface area (Å²) < 4.78 is 0.884.